The molecule has 1 aromatic heterocycles. The van der Waals surface area contributed by atoms with Crippen LogP contribution in [0.15, 0.2) is 59.1 Å². The molecular weight excluding hydrogens is 344 g/mol. The highest BCUT2D eigenvalue weighted by atomic mass is 16.5. The molecule has 0 atom stereocenters. The second-order valence-electron chi connectivity index (χ2n) is 6.10. The van der Waals surface area contributed by atoms with Crippen molar-refractivity contribution in [2.75, 3.05) is 12.4 Å². The number of hydrogen-bond donors (Lipinski definition) is 1. The number of ether oxygens (including phenoxy) is 1. The number of carbonyl (C=O) groups is 2. The van der Waals surface area contributed by atoms with Crippen molar-refractivity contribution in [1.29, 1.82) is 0 Å². The maximum absolute atomic E-state index is 12.2. The first kappa shape index (κ1) is 18.4. The Morgan fingerprint density at radius 3 is 2.67 bits per heavy atom. The molecule has 3 rings (SSSR count). The second kappa shape index (κ2) is 8.31. The second-order valence-corrected chi connectivity index (χ2v) is 6.10. The Bertz CT molecular complexity index is 945. The fourth-order valence-electron chi connectivity index (χ4n) is 2.56. The van der Waals surface area contributed by atoms with Crippen LogP contribution < -0.4 is 5.32 Å². The van der Waals surface area contributed by atoms with Gasteiger partial charge in [0.15, 0.2) is 11.7 Å². The lowest BCUT2D eigenvalue weighted by Gasteiger charge is -2.06. The van der Waals surface area contributed by atoms with E-state index in [2.05, 4.69) is 15.0 Å². The molecule has 0 unspecified atom stereocenters. The summed E-state index contributed by atoms with van der Waals surface area (Å²) < 4.78 is 10.4. The molecule has 6 heteroatoms. The summed E-state index contributed by atoms with van der Waals surface area (Å²) in [4.78, 5) is 27.9. The standard InChI is InChI=1S/C21H20N2O4/c1-14-6-8-15(9-7-14)18-13-22-20(27-18)11-10-19(24)23-17-5-3-4-16(12-17)21(25)26-2/h3-9,12-13H,10-11H2,1-2H3,(H,23,24). The molecule has 0 radical (unpaired) electrons. The molecular formula is C21H20N2O4. The molecule has 27 heavy (non-hydrogen) atoms. The van der Waals surface area contributed by atoms with Crippen molar-refractivity contribution < 1.29 is 18.7 Å². The molecule has 0 aliphatic rings. The largest absolute Gasteiger partial charge is 0.465 e. The van der Waals surface area contributed by atoms with Gasteiger partial charge in [-0.3, -0.25) is 4.79 Å². The van der Waals surface area contributed by atoms with Gasteiger partial charge in [-0.05, 0) is 25.1 Å². The van der Waals surface area contributed by atoms with Crippen LogP contribution in [-0.2, 0) is 16.0 Å². The van der Waals surface area contributed by atoms with Crippen molar-refractivity contribution in [3.63, 3.8) is 0 Å². The van der Waals surface area contributed by atoms with E-state index in [9.17, 15) is 9.59 Å². The number of aryl methyl sites for hydroxylation is 2. The van der Waals surface area contributed by atoms with Gasteiger partial charge in [-0.25, -0.2) is 9.78 Å². The first-order chi connectivity index (χ1) is 13.0. The first-order valence-corrected chi connectivity index (χ1v) is 8.55. The number of amides is 1. The highest BCUT2D eigenvalue weighted by Gasteiger charge is 2.11. The van der Waals surface area contributed by atoms with Gasteiger partial charge in [-0.15, -0.1) is 0 Å². The maximum Gasteiger partial charge on any atom is 0.337 e. The summed E-state index contributed by atoms with van der Waals surface area (Å²) in [7, 11) is 1.31. The minimum atomic E-state index is -0.450. The number of nitrogens with one attached hydrogen (secondary N) is 1. The smallest absolute Gasteiger partial charge is 0.337 e. The minimum Gasteiger partial charge on any atom is -0.465 e. The number of rotatable bonds is 6. The molecule has 1 amide bonds. The molecule has 1 heterocycles. The molecule has 0 fully saturated rings. The summed E-state index contributed by atoms with van der Waals surface area (Å²) in [6.45, 7) is 2.02. The van der Waals surface area contributed by atoms with E-state index in [1.807, 2.05) is 31.2 Å². The third-order valence-corrected chi connectivity index (χ3v) is 4.02. The lowest BCUT2D eigenvalue weighted by Crippen LogP contribution is -2.13. The predicted octanol–water partition coefficient (Wildman–Crippen LogP) is 4.01. The maximum atomic E-state index is 12.2. The Morgan fingerprint density at radius 2 is 1.93 bits per heavy atom. The summed E-state index contributed by atoms with van der Waals surface area (Å²) in [6, 6.07) is 14.6. The van der Waals surface area contributed by atoms with Crippen LogP contribution in [0, 0.1) is 6.92 Å². The number of oxazole rings is 1. The lowest BCUT2D eigenvalue weighted by atomic mass is 10.1. The number of anilines is 1. The van der Waals surface area contributed by atoms with Crippen LogP contribution in [0.1, 0.15) is 28.2 Å². The summed E-state index contributed by atoms with van der Waals surface area (Å²) in [6.07, 6.45) is 2.27. The van der Waals surface area contributed by atoms with Gasteiger partial charge in [0.1, 0.15) is 0 Å². The number of benzene rings is 2. The minimum absolute atomic E-state index is 0.188. The van der Waals surface area contributed by atoms with Gasteiger partial charge in [0.25, 0.3) is 0 Å². The third-order valence-electron chi connectivity index (χ3n) is 4.02. The Hall–Kier alpha value is -3.41. The summed E-state index contributed by atoms with van der Waals surface area (Å²) in [5.41, 5.74) is 3.04. The van der Waals surface area contributed by atoms with Crippen LogP contribution in [-0.4, -0.2) is 24.0 Å². The number of methoxy groups -OCH3 is 1. The average Bonchev–Trinajstić information content (AvgIpc) is 3.15. The van der Waals surface area contributed by atoms with Crippen LogP contribution in [0.25, 0.3) is 11.3 Å². The molecule has 0 aliphatic heterocycles. The molecule has 0 saturated carbocycles. The van der Waals surface area contributed by atoms with Crippen molar-refractivity contribution in [2.24, 2.45) is 0 Å². The zero-order chi connectivity index (χ0) is 19.2. The van der Waals surface area contributed by atoms with E-state index in [1.54, 1.807) is 30.5 Å². The first-order valence-electron chi connectivity index (χ1n) is 8.55. The fourth-order valence-corrected chi connectivity index (χ4v) is 2.56. The highest BCUT2D eigenvalue weighted by molar-refractivity contribution is 5.94. The summed E-state index contributed by atoms with van der Waals surface area (Å²) in [5.74, 6) is 0.543. The number of hydrogen-bond acceptors (Lipinski definition) is 5. The molecule has 0 spiro atoms. The number of aromatic nitrogens is 1. The van der Waals surface area contributed by atoms with E-state index in [-0.39, 0.29) is 12.3 Å². The Morgan fingerprint density at radius 1 is 1.15 bits per heavy atom. The SMILES string of the molecule is COC(=O)c1cccc(NC(=O)CCc2ncc(-c3ccc(C)cc3)o2)c1. The Labute approximate surface area is 157 Å². The number of nitrogens with zero attached hydrogens (tertiary/aromatic N) is 1. The van der Waals surface area contributed by atoms with Gasteiger partial charge < -0.3 is 14.5 Å². The molecule has 0 bridgehead atoms. The van der Waals surface area contributed by atoms with Crippen LogP contribution >= 0.6 is 0 Å². The zero-order valence-electron chi connectivity index (χ0n) is 15.2. The van der Waals surface area contributed by atoms with Gasteiger partial charge >= 0.3 is 5.97 Å². The van der Waals surface area contributed by atoms with Crippen LogP contribution in [0.4, 0.5) is 5.69 Å². The highest BCUT2D eigenvalue weighted by Crippen LogP contribution is 2.21. The van der Waals surface area contributed by atoms with Gasteiger partial charge in [-0.2, -0.15) is 0 Å². The van der Waals surface area contributed by atoms with Crippen molar-refractivity contribution in [3.8, 4) is 11.3 Å². The van der Waals surface area contributed by atoms with Crippen molar-refractivity contribution in [3.05, 3.63) is 71.7 Å². The summed E-state index contributed by atoms with van der Waals surface area (Å²) in [5, 5.41) is 2.76. The Balaban J connectivity index is 1.57. The molecule has 6 nitrogen and oxygen atoms in total. The lowest BCUT2D eigenvalue weighted by molar-refractivity contribution is -0.116. The van der Waals surface area contributed by atoms with Gasteiger partial charge in [-0.1, -0.05) is 35.9 Å². The Kier molecular flexibility index (Phi) is 5.66. The van der Waals surface area contributed by atoms with Gasteiger partial charge in [0.2, 0.25) is 5.91 Å². The van der Waals surface area contributed by atoms with Crippen LogP contribution in [0.3, 0.4) is 0 Å². The van der Waals surface area contributed by atoms with E-state index in [4.69, 9.17) is 4.42 Å². The number of carbonyl (C=O) groups excluding carboxylic acids is 2. The van der Waals surface area contributed by atoms with Crippen LogP contribution in [0.5, 0.6) is 0 Å². The fraction of sp³-hybridized carbons (Fsp3) is 0.190. The average molecular weight is 364 g/mol. The van der Waals surface area contributed by atoms with Crippen molar-refractivity contribution in [1.82, 2.24) is 4.98 Å². The summed E-state index contributed by atoms with van der Waals surface area (Å²) >= 11 is 0. The van der Waals surface area contributed by atoms with Crippen molar-refractivity contribution in [2.45, 2.75) is 19.8 Å². The van der Waals surface area contributed by atoms with E-state index in [0.717, 1.165) is 5.56 Å². The van der Waals surface area contributed by atoms with E-state index in [1.165, 1.54) is 12.7 Å². The monoisotopic (exact) mass is 364 g/mol. The quantitative estimate of drug-likeness (QED) is 0.669. The molecule has 3 aromatic rings. The van der Waals surface area contributed by atoms with E-state index < -0.39 is 5.97 Å². The van der Waals surface area contributed by atoms with E-state index in [0.29, 0.717) is 29.3 Å². The molecule has 138 valence electrons. The molecule has 0 saturated heterocycles. The normalized spacial score (nSPS) is 10.4. The van der Waals surface area contributed by atoms with Crippen LogP contribution in [0.2, 0.25) is 0 Å². The third kappa shape index (κ3) is 4.82. The molecule has 0 aliphatic carbocycles. The van der Waals surface area contributed by atoms with Gasteiger partial charge in [0, 0.05) is 24.1 Å². The molecule has 1 N–H and O–H groups in total. The van der Waals surface area contributed by atoms with E-state index >= 15 is 0 Å². The number of esters is 1. The molecule has 2 aromatic carbocycles. The zero-order valence-corrected chi connectivity index (χ0v) is 15.2. The van der Waals surface area contributed by atoms with Gasteiger partial charge in [0.05, 0.1) is 18.9 Å². The van der Waals surface area contributed by atoms with Crippen molar-refractivity contribution >= 4 is 17.6 Å². The predicted molar refractivity (Wildman–Crippen MR) is 101 cm³/mol. The topological polar surface area (TPSA) is 81.4 Å².